The fourth-order valence-electron chi connectivity index (χ4n) is 1.45. The third-order valence-electron chi connectivity index (χ3n) is 2.28. The van der Waals surface area contributed by atoms with Crippen molar-refractivity contribution < 1.29 is 0 Å². The minimum absolute atomic E-state index is 1.08. The highest BCUT2D eigenvalue weighted by Gasteiger charge is 1.90. The molecule has 0 aliphatic carbocycles. The smallest absolute Gasteiger partial charge is 0.00660 e. The molecule has 0 heterocycles. The van der Waals surface area contributed by atoms with E-state index in [0.29, 0.717) is 0 Å². The summed E-state index contributed by atoms with van der Waals surface area (Å²) in [6.07, 6.45) is 10.8. The van der Waals surface area contributed by atoms with E-state index < -0.39 is 0 Å². The Labute approximate surface area is 97.6 Å². The molecule has 0 fully saturated rings. The van der Waals surface area contributed by atoms with Crippen LogP contribution in [0.3, 0.4) is 0 Å². The van der Waals surface area contributed by atoms with Gasteiger partial charge >= 0.3 is 0 Å². The molecule has 0 nitrogen and oxygen atoms in total. The summed E-state index contributed by atoms with van der Waals surface area (Å²) in [5.74, 6) is 0. The van der Waals surface area contributed by atoms with Crippen LogP contribution in [0.1, 0.15) is 52.9 Å². The van der Waals surface area contributed by atoms with Crippen LogP contribution in [0.15, 0.2) is 23.3 Å². The molecular weight excluding hydrogens is 236 g/mol. The molecular formula is C13H23Br. The van der Waals surface area contributed by atoms with E-state index in [0.717, 1.165) is 11.8 Å². The predicted octanol–water partition coefficient (Wildman–Crippen LogP) is 5.24. The van der Waals surface area contributed by atoms with Crippen LogP contribution in [-0.2, 0) is 0 Å². The summed E-state index contributed by atoms with van der Waals surface area (Å²) < 4.78 is 0. The maximum Gasteiger partial charge on any atom is 0.00660 e. The number of rotatable bonds is 7. The van der Waals surface area contributed by atoms with Gasteiger partial charge in [-0.05, 0) is 39.5 Å². The Morgan fingerprint density at radius 2 is 1.57 bits per heavy atom. The fourth-order valence-corrected chi connectivity index (χ4v) is 1.67. The summed E-state index contributed by atoms with van der Waals surface area (Å²) in [5, 5.41) is 1.08. The van der Waals surface area contributed by atoms with Gasteiger partial charge in [-0.1, -0.05) is 52.6 Å². The molecule has 1 heteroatoms. The Balaban J connectivity index is 3.66. The van der Waals surface area contributed by atoms with E-state index >= 15 is 0 Å². The Morgan fingerprint density at radius 1 is 1.00 bits per heavy atom. The lowest BCUT2D eigenvalue weighted by molar-refractivity contribution is 0.879. The predicted molar refractivity (Wildman–Crippen MR) is 70.1 cm³/mol. The number of alkyl halides is 1. The SMILES string of the molecule is CCC/C(C)=C/CC/C(C)=C/CCBr. The van der Waals surface area contributed by atoms with E-state index in [2.05, 4.69) is 48.9 Å². The lowest BCUT2D eigenvalue weighted by atomic mass is 10.1. The number of halogens is 1. The highest BCUT2D eigenvalue weighted by Crippen LogP contribution is 2.10. The van der Waals surface area contributed by atoms with E-state index in [4.69, 9.17) is 0 Å². The van der Waals surface area contributed by atoms with E-state index in [1.807, 2.05) is 0 Å². The summed E-state index contributed by atoms with van der Waals surface area (Å²) >= 11 is 3.43. The van der Waals surface area contributed by atoms with Crippen molar-refractivity contribution in [3.05, 3.63) is 23.3 Å². The normalized spacial score (nSPS) is 13.4. The van der Waals surface area contributed by atoms with Gasteiger partial charge in [0.2, 0.25) is 0 Å². The van der Waals surface area contributed by atoms with Crippen LogP contribution in [-0.4, -0.2) is 5.33 Å². The van der Waals surface area contributed by atoms with Crippen molar-refractivity contribution in [3.8, 4) is 0 Å². The third kappa shape index (κ3) is 8.55. The first-order valence-corrected chi connectivity index (χ1v) is 6.70. The standard InChI is InChI=1S/C13H23Br/c1-4-7-12(2)8-5-9-13(3)10-6-11-14/h8,10H,4-7,9,11H2,1-3H3/b12-8+,13-10+. The average molecular weight is 259 g/mol. The molecule has 0 aromatic heterocycles. The first-order valence-electron chi connectivity index (χ1n) is 5.58. The Morgan fingerprint density at radius 3 is 2.14 bits per heavy atom. The van der Waals surface area contributed by atoms with Crippen molar-refractivity contribution in [3.63, 3.8) is 0 Å². The van der Waals surface area contributed by atoms with Gasteiger partial charge in [0.25, 0.3) is 0 Å². The highest BCUT2D eigenvalue weighted by molar-refractivity contribution is 9.09. The van der Waals surface area contributed by atoms with Crippen LogP contribution in [0, 0.1) is 0 Å². The maximum atomic E-state index is 3.43. The topological polar surface area (TPSA) is 0 Å². The third-order valence-corrected chi connectivity index (χ3v) is 2.74. The fraction of sp³-hybridized carbons (Fsp3) is 0.692. The largest absolute Gasteiger partial charge is 0.0925 e. The van der Waals surface area contributed by atoms with E-state index in [9.17, 15) is 0 Å². The van der Waals surface area contributed by atoms with Gasteiger partial charge in [-0.3, -0.25) is 0 Å². The van der Waals surface area contributed by atoms with E-state index in [-0.39, 0.29) is 0 Å². The average Bonchev–Trinajstić information content (AvgIpc) is 2.15. The van der Waals surface area contributed by atoms with Gasteiger partial charge in [0.05, 0.1) is 0 Å². The van der Waals surface area contributed by atoms with Gasteiger partial charge in [-0.2, -0.15) is 0 Å². The second-order valence-electron chi connectivity index (χ2n) is 3.87. The van der Waals surface area contributed by atoms with Crippen LogP contribution in [0.5, 0.6) is 0 Å². The van der Waals surface area contributed by atoms with Gasteiger partial charge in [0.15, 0.2) is 0 Å². The number of allylic oxidation sites excluding steroid dienone is 4. The maximum absolute atomic E-state index is 3.43. The molecule has 0 radical (unpaired) electrons. The first kappa shape index (κ1) is 14.0. The molecule has 0 spiro atoms. The Bertz CT molecular complexity index is 189. The second kappa shape index (κ2) is 9.51. The van der Waals surface area contributed by atoms with Crippen LogP contribution in [0.2, 0.25) is 0 Å². The van der Waals surface area contributed by atoms with Gasteiger partial charge in [-0.25, -0.2) is 0 Å². The van der Waals surface area contributed by atoms with Crippen molar-refractivity contribution >= 4 is 15.9 Å². The van der Waals surface area contributed by atoms with Crippen molar-refractivity contribution in [2.24, 2.45) is 0 Å². The highest BCUT2D eigenvalue weighted by atomic mass is 79.9. The summed E-state index contributed by atoms with van der Waals surface area (Å²) in [6, 6.07) is 0. The molecule has 0 bridgehead atoms. The lowest BCUT2D eigenvalue weighted by Gasteiger charge is -2.00. The Hall–Kier alpha value is -0.0400. The monoisotopic (exact) mass is 258 g/mol. The summed E-state index contributed by atoms with van der Waals surface area (Å²) in [5.41, 5.74) is 3.06. The van der Waals surface area contributed by atoms with E-state index in [1.165, 1.54) is 31.3 Å². The van der Waals surface area contributed by atoms with Gasteiger partial charge in [0.1, 0.15) is 0 Å². The molecule has 0 aromatic rings. The quantitative estimate of drug-likeness (QED) is 0.433. The molecule has 0 saturated heterocycles. The van der Waals surface area contributed by atoms with Crippen LogP contribution >= 0.6 is 15.9 Å². The number of hydrogen-bond acceptors (Lipinski definition) is 0. The molecule has 0 saturated carbocycles. The zero-order chi connectivity index (χ0) is 10.8. The molecule has 82 valence electrons. The molecule has 0 rings (SSSR count). The lowest BCUT2D eigenvalue weighted by Crippen LogP contribution is -1.80. The minimum Gasteiger partial charge on any atom is -0.0925 e. The summed E-state index contributed by atoms with van der Waals surface area (Å²) in [4.78, 5) is 0. The molecule has 0 aromatic carbocycles. The van der Waals surface area contributed by atoms with Crippen molar-refractivity contribution in [2.45, 2.75) is 52.9 Å². The Kier molecular flexibility index (Phi) is 9.49. The molecule has 0 N–H and O–H groups in total. The van der Waals surface area contributed by atoms with Gasteiger partial charge < -0.3 is 0 Å². The molecule has 0 unspecified atom stereocenters. The van der Waals surface area contributed by atoms with Gasteiger partial charge in [-0.15, -0.1) is 0 Å². The second-order valence-corrected chi connectivity index (χ2v) is 4.66. The van der Waals surface area contributed by atoms with Crippen LogP contribution in [0.4, 0.5) is 0 Å². The molecule has 0 amide bonds. The summed E-state index contributed by atoms with van der Waals surface area (Å²) in [7, 11) is 0. The minimum atomic E-state index is 1.08. The van der Waals surface area contributed by atoms with Crippen molar-refractivity contribution in [1.29, 1.82) is 0 Å². The van der Waals surface area contributed by atoms with Crippen molar-refractivity contribution in [1.82, 2.24) is 0 Å². The van der Waals surface area contributed by atoms with Crippen molar-refractivity contribution in [2.75, 3.05) is 5.33 Å². The van der Waals surface area contributed by atoms with Gasteiger partial charge in [0, 0.05) is 5.33 Å². The molecule has 0 aliphatic rings. The first-order chi connectivity index (χ1) is 6.70. The zero-order valence-electron chi connectivity index (χ0n) is 9.78. The van der Waals surface area contributed by atoms with Crippen LogP contribution < -0.4 is 0 Å². The van der Waals surface area contributed by atoms with E-state index in [1.54, 1.807) is 5.57 Å². The molecule has 0 atom stereocenters. The zero-order valence-corrected chi connectivity index (χ0v) is 11.4. The summed E-state index contributed by atoms with van der Waals surface area (Å²) in [6.45, 7) is 6.70. The number of hydrogen-bond donors (Lipinski definition) is 0. The molecule has 14 heavy (non-hydrogen) atoms. The molecule has 0 aliphatic heterocycles. The van der Waals surface area contributed by atoms with Crippen LogP contribution in [0.25, 0.3) is 0 Å².